The molecule has 0 aliphatic rings. The van der Waals surface area contributed by atoms with Crippen molar-refractivity contribution in [3.05, 3.63) is 22.7 Å². The molecule has 0 unspecified atom stereocenters. The number of hydrogen-bond donors (Lipinski definition) is 1. The molecule has 0 atom stereocenters. The maximum absolute atomic E-state index is 11.9. The summed E-state index contributed by atoms with van der Waals surface area (Å²) in [7, 11) is 1.61. The van der Waals surface area contributed by atoms with Gasteiger partial charge in [-0.25, -0.2) is 0 Å². The minimum Gasteiger partial charge on any atom is -0.406 e. The molecule has 0 amide bonds. The van der Waals surface area contributed by atoms with Crippen molar-refractivity contribution in [2.45, 2.75) is 6.36 Å². The SMILES string of the molecule is CNc1cc(Br)cc(OC(F)(F)F)c1. The Morgan fingerprint density at radius 2 is 1.93 bits per heavy atom. The zero-order valence-electron chi connectivity index (χ0n) is 7.15. The van der Waals surface area contributed by atoms with Crippen molar-refractivity contribution < 1.29 is 17.9 Å². The average molecular weight is 270 g/mol. The van der Waals surface area contributed by atoms with Crippen molar-refractivity contribution in [1.29, 1.82) is 0 Å². The van der Waals surface area contributed by atoms with Gasteiger partial charge in [0, 0.05) is 23.3 Å². The molecule has 78 valence electrons. The van der Waals surface area contributed by atoms with Gasteiger partial charge >= 0.3 is 6.36 Å². The fourth-order valence-corrected chi connectivity index (χ4v) is 1.37. The van der Waals surface area contributed by atoms with Crippen molar-refractivity contribution in [2.75, 3.05) is 12.4 Å². The fraction of sp³-hybridized carbons (Fsp3) is 0.250. The van der Waals surface area contributed by atoms with Gasteiger partial charge in [0.2, 0.25) is 0 Å². The summed E-state index contributed by atoms with van der Waals surface area (Å²) in [6, 6.07) is 4.15. The maximum atomic E-state index is 11.9. The van der Waals surface area contributed by atoms with E-state index < -0.39 is 6.36 Å². The molecule has 0 aliphatic carbocycles. The van der Waals surface area contributed by atoms with E-state index in [1.54, 1.807) is 13.1 Å². The van der Waals surface area contributed by atoms with E-state index in [1.807, 2.05) is 0 Å². The van der Waals surface area contributed by atoms with Crippen LogP contribution in [0, 0.1) is 0 Å². The van der Waals surface area contributed by atoms with E-state index in [0.29, 0.717) is 10.2 Å². The van der Waals surface area contributed by atoms with E-state index in [1.165, 1.54) is 12.1 Å². The van der Waals surface area contributed by atoms with Gasteiger partial charge < -0.3 is 10.1 Å². The van der Waals surface area contributed by atoms with Gasteiger partial charge in [-0.15, -0.1) is 13.2 Å². The highest BCUT2D eigenvalue weighted by Gasteiger charge is 2.31. The number of benzene rings is 1. The highest BCUT2D eigenvalue weighted by atomic mass is 79.9. The molecule has 1 aromatic carbocycles. The van der Waals surface area contributed by atoms with Crippen LogP contribution in [0.4, 0.5) is 18.9 Å². The lowest BCUT2D eigenvalue weighted by atomic mass is 10.3. The van der Waals surface area contributed by atoms with Gasteiger partial charge in [0.15, 0.2) is 0 Å². The number of anilines is 1. The minimum atomic E-state index is -4.66. The number of alkyl halides is 3. The molecule has 0 saturated heterocycles. The molecule has 1 rings (SSSR count). The van der Waals surface area contributed by atoms with Crippen molar-refractivity contribution in [2.24, 2.45) is 0 Å². The van der Waals surface area contributed by atoms with Crippen LogP contribution >= 0.6 is 15.9 Å². The van der Waals surface area contributed by atoms with E-state index in [9.17, 15) is 13.2 Å². The highest BCUT2D eigenvalue weighted by Crippen LogP contribution is 2.28. The summed E-state index contributed by atoms with van der Waals surface area (Å²) in [6.07, 6.45) is -4.66. The largest absolute Gasteiger partial charge is 0.573 e. The monoisotopic (exact) mass is 269 g/mol. The van der Waals surface area contributed by atoms with Gasteiger partial charge in [0.05, 0.1) is 0 Å². The van der Waals surface area contributed by atoms with Gasteiger partial charge in [-0.2, -0.15) is 0 Å². The lowest BCUT2D eigenvalue weighted by molar-refractivity contribution is -0.274. The lowest BCUT2D eigenvalue weighted by Crippen LogP contribution is -2.17. The van der Waals surface area contributed by atoms with E-state index >= 15 is 0 Å². The summed E-state index contributed by atoms with van der Waals surface area (Å²) in [6.45, 7) is 0. The van der Waals surface area contributed by atoms with E-state index in [4.69, 9.17) is 0 Å². The summed E-state index contributed by atoms with van der Waals surface area (Å²) in [5, 5.41) is 2.72. The lowest BCUT2D eigenvalue weighted by Gasteiger charge is -2.10. The molecular formula is C8H7BrF3NO. The Morgan fingerprint density at radius 1 is 1.29 bits per heavy atom. The molecule has 1 N–H and O–H groups in total. The van der Waals surface area contributed by atoms with Crippen molar-refractivity contribution in [1.82, 2.24) is 0 Å². The summed E-state index contributed by atoms with van der Waals surface area (Å²) in [5.41, 5.74) is 0.540. The maximum Gasteiger partial charge on any atom is 0.573 e. The molecule has 0 aliphatic heterocycles. The van der Waals surface area contributed by atoms with Gasteiger partial charge in [0.25, 0.3) is 0 Å². The number of hydrogen-bond acceptors (Lipinski definition) is 2. The molecule has 1 aromatic rings. The molecule has 0 spiro atoms. The van der Waals surface area contributed by atoms with Crippen LogP contribution in [0.1, 0.15) is 0 Å². The molecule has 0 saturated carbocycles. The van der Waals surface area contributed by atoms with E-state index in [-0.39, 0.29) is 5.75 Å². The molecule has 0 fully saturated rings. The van der Waals surface area contributed by atoms with Gasteiger partial charge in [-0.3, -0.25) is 0 Å². The quantitative estimate of drug-likeness (QED) is 0.889. The molecule has 2 nitrogen and oxygen atoms in total. The molecule has 0 aromatic heterocycles. The number of halogens is 4. The fourth-order valence-electron chi connectivity index (χ4n) is 0.900. The standard InChI is InChI=1S/C8H7BrF3NO/c1-13-6-2-5(9)3-7(4-6)14-8(10,11)12/h2-4,13H,1H3. The second kappa shape index (κ2) is 4.08. The Bertz CT molecular complexity index is 327. The second-order valence-electron chi connectivity index (χ2n) is 2.47. The Morgan fingerprint density at radius 3 is 2.43 bits per heavy atom. The predicted octanol–water partition coefficient (Wildman–Crippen LogP) is 3.39. The van der Waals surface area contributed by atoms with Crippen LogP contribution in [0.3, 0.4) is 0 Å². The first-order valence-corrected chi connectivity index (χ1v) is 4.44. The smallest absolute Gasteiger partial charge is 0.406 e. The van der Waals surface area contributed by atoms with Crippen LogP contribution in [0.5, 0.6) is 5.75 Å². The van der Waals surface area contributed by atoms with Crippen LogP contribution in [0.15, 0.2) is 22.7 Å². The number of ether oxygens (including phenoxy) is 1. The van der Waals surface area contributed by atoms with E-state index in [0.717, 1.165) is 0 Å². The van der Waals surface area contributed by atoms with Crippen molar-refractivity contribution in [3.63, 3.8) is 0 Å². The first-order chi connectivity index (χ1) is 6.40. The molecule has 0 radical (unpaired) electrons. The molecular weight excluding hydrogens is 263 g/mol. The summed E-state index contributed by atoms with van der Waals surface area (Å²) in [5.74, 6) is -0.253. The van der Waals surface area contributed by atoms with Crippen molar-refractivity contribution >= 4 is 21.6 Å². The summed E-state index contributed by atoms with van der Waals surface area (Å²) >= 11 is 3.07. The average Bonchev–Trinajstić information content (AvgIpc) is 1.99. The van der Waals surface area contributed by atoms with Crippen LogP contribution in [-0.4, -0.2) is 13.4 Å². The van der Waals surface area contributed by atoms with Gasteiger partial charge in [0.1, 0.15) is 5.75 Å². The van der Waals surface area contributed by atoms with Crippen LogP contribution < -0.4 is 10.1 Å². The topological polar surface area (TPSA) is 21.3 Å². The summed E-state index contributed by atoms with van der Waals surface area (Å²) in [4.78, 5) is 0. The van der Waals surface area contributed by atoms with Crippen LogP contribution in [-0.2, 0) is 0 Å². The minimum absolute atomic E-state index is 0.253. The second-order valence-corrected chi connectivity index (χ2v) is 3.39. The first-order valence-electron chi connectivity index (χ1n) is 3.65. The Hall–Kier alpha value is -0.910. The van der Waals surface area contributed by atoms with Crippen molar-refractivity contribution in [3.8, 4) is 5.75 Å². The van der Waals surface area contributed by atoms with Crippen LogP contribution in [0.2, 0.25) is 0 Å². The normalized spacial score (nSPS) is 11.2. The predicted molar refractivity (Wildman–Crippen MR) is 50.4 cm³/mol. The first kappa shape index (κ1) is 11.2. The Balaban J connectivity index is 2.92. The number of rotatable bonds is 2. The Labute approximate surface area is 87.2 Å². The summed E-state index contributed by atoms with van der Waals surface area (Å²) < 4.78 is 39.8. The van der Waals surface area contributed by atoms with Gasteiger partial charge in [-0.05, 0) is 12.1 Å². The van der Waals surface area contributed by atoms with E-state index in [2.05, 4.69) is 26.0 Å². The zero-order valence-corrected chi connectivity index (χ0v) is 8.74. The molecule has 0 bridgehead atoms. The Kier molecular flexibility index (Phi) is 3.25. The third-order valence-corrected chi connectivity index (χ3v) is 1.85. The molecule has 6 heteroatoms. The zero-order chi connectivity index (χ0) is 10.8. The molecule has 0 heterocycles. The highest BCUT2D eigenvalue weighted by molar-refractivity contribution is 9.10. The molecule has 14 heavy (non-hydrogen) atoms. The number of nitrogens with one attached hydrogen (secondary N) is 1. The third-order valence-electron chi connectivity index (χ3n) is 1.39. The van der Waals surface area contributed by atoms with Gasteiger partial charge in [-0.1, -0.05) is 15.9 Å². The third kappa shape index (κ3) is 3.45. The van der Waals surface area contributed by atoms with Crippen LogP contribution in [0.25, 0.3) is 0 Å².